The topological polar surface area (TPSA) is 48.0 Å². The zero-order valence-corrected chi connectivity index (χ0v) is 15.9. The van der Waals surface area contributed by atoms with Crippen molar-refractivity contribution in [2.75, 3.05) is 26.4 Å². The lowest BCUT2D eigenvalue weighted by molar-refractivity contribution is -0.342. The van der Waals surface area contributed by atoms with E-state index in [4.69, 9.17) is 20.6 Å². The molecule has 0 saturated carbocycles. The number of carbonyl (C=O) groups excluding carboxylic acids is 1. The summed E-state index contributed by atoms with van der Waals surface area (Å²) in [6, 6.07) is 0. The molecule has 2 heterocycles. The number of hydrogen-bond donors (Lipinski definition) is 0. The second-order valence-corrected chi connectivity index (χ2v) is 8.85. The Hall–Kier alpha value is -1.09. The molecule has 24 heavy (non-hydrogen) atoms. The van der Waals surface area contributed by atoms with Crippen LogP contribution in [0.15, 0.2) is 0 Å². The minimum absolute atomic E-state index is 0.127. The van der Waals surface area contributed by atoms with Crippen LogP contribution in [0.25, 0.3) is 0 Å². The molecular formula is C19H31NO4. The van der Waals surface area contributed by atoms with Crippen LogP contribution in [0.3, 0.4) is 0 Å². The van der Waals surface area contributed by atoms with Gasteiger partial charge in [0, 0.05) is 36.3 Å². The van der Waals surface area contributed by atoms with Crippen LogP contribution in [0.1, 0.15) is 54.4 Å². The van der Waals surface area contributed by atoms with Crippen LogP contribution in [-0.2, 0) is 19.0 Å². The smallest absolute Gasteiger partial charge is 0.302 e. The first kappa shape index (κ1) is 19.2. The van der Waals surface area contributed by atoms with Gasteiger partial charge in [0.15, 0.2) is 5.79 Å². The summed E-state index contributed by atoms with van der Waals surface area (Å²) >= 11 is 0. The first-order valence-corrected chi connectivity index (χ1v) is 8.56. The maximum Gasteiger partial charge on any atom is 0.302 e. The molecule has 2 rings (SSSR count). The summed E-state index contributed by atoms with van der Waals surface area (Å²) in [7, 11) is 0. The molecule has 5 heteroatoms. The molecule has 2 aliphatic heterocycles. The minimum atomic E-state index is -0.603. The summed E-state index contributed by atoms with van der Waals surface area (Å²) in [6.07, 6.45) is 7.09. The van der Waals surface area contributed by atoms with Crippen molar-refractivity contribution < 1.29 is 19.0 Å². The maximum atomic E-state index is 11.1. The molecule has 0 bridgehead atoms. The monoisotopic (exact) mass is 337 g/mol. The van der Waals surface area contributed by atoms with E-state index in [0.717, 1.165) is 12.8 Å². The third kappa shape index (κ3) is 3.93. The molecule has 2 aliphatic rings. The van der Waals surface area contributed by atoms with Crippen LogP contribution >= 0.6 is 0 Å². The van der Waals surface area contributed by atoms with Crippen LogP contribution in [0, 0.1) is 17.8 Å². The zero-order chi connectivity index (χ0) is 18.2. The molecule has 5 nitrogen and oxygen atoms in total. The van der Waals surface area contributed by atoms with Gasteiger partial charge in [-0.25, -0.2) is 0 Å². The van der Waals surface area contributed by atoms with Crippen molar-refractivity contribution in [3.8, 4) is 12.3 Å². The highest BCUT2D eigenvalue weighted by molar-refractivity contribution is 5.65. The molecule has 0 N–H and O–H groups in total. The van der Waals surface area contributed by atoms with Crippen LogP contribution in [0.2, 0.25) is 0 Å². The van der Waals surface area contributed by atoms with Gasteiger partial charge in [-0.15, -0.1) is 6.42 Å². The number of hydrogen-bond acceptors (Lipinski definition) is 5. The first-order valence-electron chi connectivity index (χ1n) is 8.56. The molecular weight excluding hydrogens is 306 g/mol. The number of likely N-dealkylation sites (tertiary alicyclic amines) is 1. The van der Waals surface area contributed by atoms with Gasteiger partial charge >= 0.3 is 5.97 Å². The standard InChI is InChI=1S/C19H31NO4/c1-8-9-20-16(3,4)10-19(11-17(20,5)6)23-13-18(7,14-24-19)12-22-15(2)21/h1H,9-14H2,2-7H3. The molecule has 2 fully saturated rings. The summed E-state index contributed by atoms with van der Waals surface area (Å²) in [5.41, 5.74) is -0.559. The van der Waals surface area contributed by atoms with Gasteiger partial charge in [-0.1, -0.05) is 12.8 Å². The Morgan fingerprint density at radius 1 is 1.12 bits per heavy atom. The number of terminal acetylenes is 1. The number of esters is 1. The fourth-order valence-corrected chi connectivity index (χ4v) is 4.17. The van der Waals surface area contributed by atoms with Crippen molar-refractivity contribution in [2.24, 2.45) is 5.41 Å². The molecule has 0 unspecified atom stereocenters. The summed E-state index contributed by atoms with van der Waals surface area (Å²) in [4.78, 5) is 13.4. The Balaban J connectivity index is 2.11. The fraction of sp³-hybridized carbons (Fsp3) is 0.842. The molecule has 0 aromatic heterocycles. The highest BCUT2D eigenvalue weighted by atomic mass is 16.7. The Morgan fingerprint density at radius 3 is 2.04 bits per heavy atom. The van der Waals surface area contributed by atoms with Gasteiger partial charge in [0.25, 0.3) is 0 Å². The lowest BCUT2D eigenvalue weighted by Gasteiger charge is -2.60. The van der Waals surface area contributed by atoms with Gasteiger partial charge in [0.05, 0.1) is 19.8 Å². The lowest BCUT2D eigenvalue weighted by Crippen LogP contribution is -2.68. The first-order chi connectivity index (χ1) is 10.9. The predicted molar refractivity (Wildman–Crippen MR) is 92.3 cm³/mol. The Kier molecular flexibility index (Phi) is 5.07. The summed E-state index contributed by atoms with van der Waals surface area (Å²) in [6.45, 7) is 14.1. The van der Waals surface area contributed by atoms with E-state index < -0.39 is 5.79 Å². The minimum Gasteiger partial charge on any atom is -0.465 e. The fourth-order valence-electron chi connectivity index (χ4n) is 4.17. The van der Waals surface area contributed by atoms with Crippen molar-refractivity contribution in [3.05, 3.63) is 0 Å². The zero-order valence-electron chi connectivity index (χ0n) is 15.9. The summed E-state index contributed by atoms with van der Waals surface area (Å²) < 4.78 is 17.7. The molecule has 0 aromatic carbocycles. The van der Waals surface area contributed by atoms with Gasteiger partial charge in [-0.3, -0.25) is 9.69 Å². The molecule has 1 spiro atoms. The van der Waals surface area contributed by atoms with Gasteiger partial charge in [-0.05, 0) is 27.7 Å². The normalized spacial score (nSPS) is 27.4. The summed E-state index contributed by atoms with van der Waals surface area (Å²) in [5.74, 6) is 1.90. The SMILES string of the molecule is C#CCN1C(C)(C)CC2(CC1(C)C)OCC(C)(COC(C)=O)CO2. The van der Waals surface area contributed by atoms with Crippen LogP contribution in [-0.4, -0.2) is 54.1 Å². The second-order valence-electron chi connectivity index (χ2n) is 8.85. The van der Waals surface area contributed by atoms with Gasteiger partial charge in [0.1, 0.15) is 6.61 Å². The third-order valence-electron chi connectivity index (χ3n) is 5.11. The largest absolute Gasteiger partial charge is 0.465 e. The van der Waals surface area contributed by atoms with Crippen molar-refractivity contribution >= 4 is 5.97 Å². The van der Waals surface area contributed by atoms with Crippen LogP contribution in [0.5, 0.6) is 0 Å². The van der Waals surface area contributed by atoms with Crippen LogP contribution in [0.4, 0.5) is 0 Å². The summed E-state index contributed by atoms with van der Waals surface area (Å²) in [5, 5.41) is 0. The number of nitrogens with zero attached hydrogens (tertiary/aromatic N) is 1. The average Bonchev–Trinajstić information content (AvgIpc) is 2.44. The highest BCUT2D eigenvalue weighted by Gasteiger charge is 2.56. The number of piperidine rings is 1. The van der Waals surface area contributed by atoms with Crippen molar-refractivity contribution in [3.63, 3.8) is 0 Å². The highest BCUT2D eigenvalue weighted by Crippen LogP contribution is 2.48. The number of carbonyl (C=O) groups is 1. The van der Waals surface area contributed by atoms with Crippen molar-refractivity contribution in [2.45, 2.75) is 71.2 Å². The Morgan fingerprint density at radius 2 is 1.62 bits per heavy atom. The lowest BCUT2D eigenvalue weighted by atomic mass is 9.75. The molecule has 0 aromatic rings. The van der Waals surface area contributed by atoms with E-state index >= 15 is 0 Å². The molecule has 0 amide bonds. The van der Waals surface area contributed by atoms with E-state index in [1.54, 1.807) is 0 Å². The maximum absolute atomic E-state index is 11.1. The molecule has 0 radical (unpaired) electrons. The molecule has 136 valence electrons. The number of ether oxygens (including phenoxy) is 3. The van der Waals surface area contributed by atoms with Crippen molar-refractivity contribution in [1.82, 2.24) is 4.90 Å². The van der Waals surface area contributed by atoms with Gasteiger partial charge < -0.3 is 14.2 Å². The molecule has 2 saturated heterocycles. The van der Waals surface area contributed by atoms with E-state index in [-0.39, 0.29) is 22.5 Å². The third-order valence-corrected chi connectivity index (χ3v) is 5.11. The van der Waals surface area contributed by atoms with E-state index in [1.807, 2.05) is 6.92 Å². The van der Waals surface area contributed by atoms with E-state index in [1.165, 1.54) is 6.92 Å². The van der Waals surface area contributed by atoms with Crippen LogP contribution < -0.4 is 0 Å². The quantitative estimate of drug-likeness (QED) is 0.585. The van der Waals surface area contributed by atoms with E-state index in [0.29, 0.717) is 26.4 Å². The average molecular weight is 337 g/mol. The molecule has 0 atom stereocenters. The Bertz CT molecular complexity index is 504. The van der Waals surface area contributed by atoms with E-state index in [9.17, 15) is 4.79 Å². The number of rotatable bonds is 3. The second kappa shape index (κ2) is 6.33. The van der Waals surface area contributed by atoms with Crippen molar-refractivity contribution in [1.29, 1.82) is 0 Å². The Labute approximate surface area is 146 Å². The predicted octanol–water partition coefficient (Wildman–Crippen LogP) is 2.59. The van der Waals surface area contributed by atoms with Gasteiger partial charge in [0.2, 0.25) is 0 Å². The molecule has 0 aliphatic carbocycles. The van der Waals surface area contributed by atoms with Gasteiger partial charge in [-0.2, -0.15) is 0 Å². The van der Waals surface area contributed by atoms with E-state index in [2.05, 4.69) is 38.5 Å².